The van der Waals surface area contributed by atoms with Gasteiger partial charge in [0, 0.05) is 43.5 Å². The van der Waals surface area contributed by atoms with Gasteiger partial charge in [0.15, 0.2) is 11.6 Å². The van der Waals surface area contributed by atoms with Crippen LogP contribution in [0.1, 0.15) is 11.0 Å². The van der Waals surface area contributed by atoms with Crippen LogP contribution in [-0.2, 0) is 4.74 Å². The Bertz CT molecular complexity index is 1060. The number of morpholine rings is 1. The highest BCUT2D eigenvalue weighted by Gasteiger charge is 2.40. The first-order valence-electron chi connectivity index (χ1n) is 10.0. The SMILES string of the molecule is OC(c1cc(-c2cc(N3CC(CN4CCOCC4)C3)c3nonc3c2)cs1)C(F)(F)F. The molecule has 7 nitrogen and oxygen atoms in total. The van der Waals surface area contributed by atoms with E-state index in [0.717, 1.165) is 63.0 Å². The molecule has 3 aromatic rings. The Balaban J connectivity index is 1.36. The summed E-state index contributed by atoms with van der Waals surface area (Å²) < 4.78 is 48.9. The van der Waals surface area contributed by atoms with Crippen LogP contribution in [0, 0.1) is 5.92 Å². The first-order chi connectivity index (χ1) is 14.9. The number of aliphatic hydroxyl groups is 1. The summed E-state index contributed by atoms with van der Waals surface area (Å²) in [4.78, 5) is 4.46. The number of fused-ring (bicyclic) bond motifs is 1. The second-order valence-corrected chi connectivity index (χ2v) is 8.94. The zero-order valence-corrected chi connectivity index (χ0v) is 17.3. The maximum Gasteiger partial charge on any atom is 0.419 e. The lowest BCUT2D eigenvalue weighted by Gasteiger charge is -2.43. The van der Waals surface area contributed by atoms with E-state index in [1.54, 1.807) is 11.4 Å². The summed E-state index contributed by atoms with van der Waals surface area (Å²) in [7, 11) is 0. The molecule has 2 fully saturated rings. The van der Waals surface area contributed by atoms with Crippen molar-refractivity contribution in [3.05, 3.63) is 28.5 Å². The van der Waals surface area contributed by atoms with E-state index in [1.807, 2.05) is 6.07 Å². The van der Waals surface area contributed by atoms with Gasteiger partial charge in [-0.25, -0.2) is 4.63 Å². The summed E-state index contributed by atoms with van der Waals surface area (Å²) in [5, 5.41) is 19.1. The van der Waals surface area contributed by atoms with Gasteiger partial charge in [-0.05, 0) is 45.0 Å². The molecule has 2 aliphatic rings. The highest BCUT2D eigenvalue weighted by atomic mass is 32.1. The molecule has 2 saturated heterocycles. The van der Waals surface area contributed by atoms with Crippen LogP contribution in [0.15, 0.2) is 28.2 Å². The van der Waals surface area contributed by atoms with E-state index in [2.05, 4.69) is 20.1 Å². The van der Waals surface area contributed by atoms with Gasteiger partial charge in [-0.2, -0.15) is 13.2 Å². The number of alkyl halides is 3. The summed E-state index contributed by atoms with van der Waals surface area (Å²) in [6.07, 6.45) is -7.18. The molecule has 0 radical (unpaired) electrons. The third-order valence-corrected chi connectivity index (χ3v) is 6.78. The van der Waals surface area contributed by atoms with Crippen molar-refractivity contribution in [3.63, 3.8) is 0 Å². The van der Waals surface area contributed by atoms with Gasteiger partial charge >= 0.3 is 6.18 Å². The smallest absolute Gasteiger partial charge is 0.379 e. The Morgan fingerprint density at radius 3 is 2.65 bits per heavy atom. The van der Waals surface area contributed by atoms with Crippen molar-refractivity contribution in [2.24, 2.45) is 5.92 Å². The van der Waals surface area contributed by atoms with Crippen molar-refractivity contribution in [2.75, 3.05) is 50.8 Å². The minimum atomic E-state index is -4.69. The predicted octanol–water partition coefficient (Wildman–Crippen LogP) is 3.32. The van der Waals surface area contributed by atoms with E-state index in [9.17, 15) is 18.3 Å². The summed E-state index contributed by atoms with van der Waals surface area (Å²) >= 11 is 0.882. The molecule has 0 aliphatic carbocycles. The lowest BCUT2D eigenvalue weighted by Crippen LogP contribution is -2.53. The number of anilines is 1. The first-order valence-corrected chi connectivity index (χ1v) is 10.9. The van der Waals surface area contributed by atoms with Gasteiger partial charge in [-0.1, -0.05) is 0 Å². The minimum Gasteiger partial charge on any atom is -0.379 e. The van der Waals surface area contributed by atoms with Crippen molar-refractivity contribution in [2.45, 2.75) is 12.3 Å². The third-order valence-electron chi connectivity index (χ3n) is 5.79. The Morgan fingerprint density at radius 2 is 1.90 bits per heavy atom. The molecule has 4 heterocycles. The Labute approximate surface area is 180 Å². The van der Waals surface area contributed by atoms with Crippen LogP contribution < -0.4 is 4.90 Å². The topological polar surface area (TPSA) is 74.9 Å². The summed E-state index contributed by atoms with van der Waals surface area (Å²) in [5.41, 5.74) is 3.36. The fourth-order valence-electron chi connectivity index (χ4n) is 4.12. The average Bonchev–Trinajstić information content (AvgIpc) is 3.38. The van der Waals surface area contributed by atoms with Gasteiger partial charge in [0.05, 0.1) is 18.9 Å². The maximum atomic E-state index is 12.9. The predicted molar refractivity (Wildman–Crippen MR) is 109 cm³/mol. The van der Waals surface area contributed by atoms with Crippen LogP contribution >= 0.6 is 11.3 Å². The highest BCUT2D eigenvalue weighted by Crippen LogP contribution is 2.40. The molecule has 1 N–H and O–H groups in total. The fraction of sp³-hybridized carbons (Fsp3) is 0.500. The normalized spacial score (nSPS) is 19.7. The Morgan fingerprint density at radius 1 is 1.13 bits per heavy atom. The second-order valence-electron chi connectivity index (χ2n) is 7.99. The third kappa shape index (κ3) is 4.14. The summed E-state index contributed by atoms with van der Waals surface area (Å²) in [6, 6.07) is 5.02. The lowest BCUT2D eigenvalue weighted by molar-refractivity contribution is -0.205. The van der Waals surface area contributed by atoms with Crippen molar-refractivity contribution >= 4 is 28.1 Å². The number of ether oxygens (including phenoxy) is 1. The molecule has 0 amide bonds. The molecule has 1 unspecified atom stereocenters. The summed E-state index contributed by atoms with van der Waals surface area (Å²) in [5.74, 6) is 0.534. The maximum absolute atomic E-state index is 12.9. The van der Waals surface area contributed by atoms with Gasteiger partial charge in [0.25, 0.3) is 0 Å². The van der Waals surface area contributed by atoms with E-state index in [1.165, 1.54) is 6.07 Å². The molecule has 1 aromatic carbocycles. The van der Waals surface area contributed by atoms with Crippen LogP contribution in [0.3, 0.4) is 0 Å². The first kappa shape index (κ1) is 20.7. The van der Waals surface area contributed by atoms with Crippen LogP contribution in [0.5, 0.6) is 0 Å². The number of benzene rings is 1. The Hall–Kier alpha value is -2.21. The molecule has 0 spiro atoms. The molecule has 5 rings (SSSR count). The number of aromatic nitrogens is 2. The van der Waals surface area contributed by atoms with Crippen molar-refractivity contribution in [3.8, 4) is 11.1 Å². The molecular formula is C20H21F3N4O3S. The van der Waals surface area contributed by atoms with E-state index >= 15 is 0 Å². The van der Waals surface area contributed by atoms with Crippen molar-refractivity contribution < 1.29 is 27.6 Å². The molecule has 0 bridgehead atoms. The molecule has 2 aliphatic heterocycles. The monoisotopic (exact) mass is 454 g/mol. The van der Waals surface area contributed by atoms with Gasteiger partial charge in [-0.15, -0.1) is 11.3 Å². The zero-order valence-electron chi connectivity index (χ0n) is 16.5. The molecule has 0 saturated carbocycles. The number of thiophene rings is 1. The van der Waals surface area contributed by atoms with Crippen molar-refractivity contribution in [1.82, 2.24) is 15.2 Å². The number of nitrogens with zero attached hydrogens (tertiary/aromatic N) is 4. The van der Waals surface area contributed by atoms with Crippen LogP contribution in [0.4, 0.5) is 18.9 Å². The summed E-state index contributed by atoms with van der Waals surface area (Å²) in [6.45, 7) is 6.20. The highest BCUT2D eigenvalue weighted by molar-refractivity contribution is 7.10. The van der Waals surface area contributed by atoms with E-state index < -0.39 is 12.3 Å². The van der Waals surface area contributed by atoms with E-state index in [-0.39, 0.29) is 4.88 Å². The molecule has 1 atom stereocenters. The molecule has 31 heavy (non-hydrogen) atoms. The van der Waals surface area contributed by atoms with E-state index in [4.69, 9.17) is 9.37 Å². The molecule has 2 aromatic heterocycles. The number of aliphatic hydroxyl groups excluding tert-OH is 1. The van der Waals surface area contributed by atoms with Crippen LogP contribution in [0.2, 0.25) is 0 Å². The van der Waals surface area contributed by atoms with Gasteiger partial charge in [-0.3, -0.25) is 4.90 Å². The van der Waals surface area contributed by atoms with Crippen LogP contribution in [-0.4, -0.2) is 72.4 Å². The molecule has 11 heteroatoms. The zero-order chi connectivity index (χ0) is 21.6. The molecule has 166 valence electrons. The molecular weight excluding hydrogens is 433 g/mol. The lowest BCUT2D eigenvalue weighted by atomic mass is 9.96. The number of halogens is 3. The minimum absolute atomic E-state index is 0.142. The Kier molecular flexibility index (Phi) is 5.37. The average molecular weight is 454 g/mol. The van der Waals surface area contributed by atoms with Crippen molar-refractivity contribution in [1.29, 1.82) is 0 Å². The van der Waals surface area contributed by atoms with Gasteiger partial charge in [0.1, 0.15) is 5.52 Å². The fourth-order valence-corrected chi connectivity index (χ4v) is 5.04. The second kappa shape index (κ2) is 8.05. The number of hydrogen-bond donors (Lipinski definition) is 1. The van der Waals surface area contributed by atoms with E-state index in [0.29, 0.717) is 28.1 Å². The number of rotatable bonds is 5. The largest absolute Gasteiger partial charge is 0.419 e. The number of hydrogen-bond acceptors (Lipinski definition) is 8. The van der Waals surface area contributed by atoms with Gasteiger partial charge in [0.2, 0.25) is 0 Å². The van der Waals surface area contributed by atoms with Crippen LogP contribution in [0.25, 0.3) is 22.2 Å². The van der Waals surface area contributed by atoms with Gasteiger partial charge < -0.3 is 14.7 Å². The quantitative estimate of drug-likeness (QED) is 0.634. The standard InChI is InChI=1S/C20H21F3N4O3S/c21-20(22,23)19(28)17-7-14(11-31-17)13-5-15-18(25-30-24-15)16(6-13)27-9-12(10-27)8-26-1-3-29-4-2-26/h5-7,11-12,19,28H,1-4,8-10H2.